The van der Waals surface area contributed by atoms with Crippen molar-refractivity contribution in [3.05, 3.63) is 47.3 Å². The fraction of sp³-hybridized carbons (Fsp3) is 0.526. The molecule has 6 nitrogen and oxygen atoms in total. The number of aromatic nitrogens is 3. The first-order chi connectivity index (χ1) is 12.3. The minimum atomic E-state index is -0.125. The van der Waals surface area contributed by atoms with Crippen molar-refractivity contribution in [2.45, 2.75) is 57.2 Å². The van der Waals surface area contributed by atoms with E-state index < -0.39 is 0 Å². The van der Waals surface area contributed by atoms with Gasteiger partial charge in [-0.15, -0.1) is 5.10 Å². The van der Waals surface area contributed by atoms with Crippen molar-refractivity contribution in [1.82, 2.24) is 25.6 Å². The molecule has 1 atom stereocenters. The van der Waals surface area contributed by atoms with Crippen LogP contribution in [0.15, 0.2) is 30.5 Å². The zero-order valence-corrected chi connectivity index (χ0v) is 14.4. The number of benzene rings is 1. The maximum atomic E-state index is 12.4. The van der Waals surface area contributed by atoms with Crippen molar-refractivity contribution >= 4 is 5.91 Å². The van der Waals surface area contributed by atoms with Crippen molar-refractivity contribution in [2.24, 2.45) is 0 Å². The van der Waals surface area contributed by atoms with E-state index in [9.17, 15) is 4.79 Å². The molecule has 2 N–H and O–H groups in total. The Morgan fingerprint density at radius 1 is 1.24 bits per heavy atom. The van der Waals surface area contributed by atoms with Crippen LogP contribution in [0.2, 0.25) is 0 Å². The van der Waals surface area contributed by atoms with Crippen LogP contribution < -0.4 is 10.6 Å². The molecule has 0 bridgehead atoms. The predicted octanol–water partition coefficient (Wildman–Crippen LogP) is 1.71. The lowest BCUT2D eigenvalue weighted by molar-refractivity contribution is 0.0933. The summed E-state index contributed by atoms with van der Waals surface area (Å²) in [6.07, 6.45) is 8.38. The summed E-state index contributed by atoms with van der Waals surface area (Å²) in [6, 6.07) is 9.09. The summed E-state index contributed by atoms with van der Waals surface area (Å²) in [5.41, 5.74) is 3.07. The minimum Gasteiger partial charge on any atom is -0.347 e. The molecule has 2 aromatic rings. The van der Waals surface area contributed by atoms with Crippen molar-refractivity contribution in [3.8, 4) is 0 Å². The molecular formula is C19H25N5O. The van der Waals surface area contributed by atoms with Crippen molar-refractivity contribution < 1.29 is 4.79 Å². The second kappa shape index (κ2) is 7.35. The van der Waals surface area contributed by atoms with E-state index in [0.717, 1.165) is 32.4 Å². The number of hydrogen-bond donors (Lipinski definition) is 2. The summed E-state index contributed by atoms with van der Waals surface area (Å²) in [7, 11) is 0. The molecule has 1 saturated heterocycles. The van der Waals surface area contributed by atoms with E-state index in [2.05, 4.69) is 45.2 Å². The van der Waals surface area contributed by atoms with Gasteiger partial charge in [0.25, 0.3) is 5.91 Å². The second-order valence-electron chi connectivity index (χ2n) is 7.15. The minimum absolute atomic E-state index is 0.125. The van der Waals surface area contributed by atoms with Crippen LogP contribution in [0.5, 0.6) is 0 Å². The summed E-state index contributed by atoms with van der Waals surface area (Å²) in [6.45, 7) is 1.91. The van der Waals surface area contributed by atoms with Gasteiger partial charge >= 0.3 is 0 Å². The summed E-state index contributed by atoms with van der Waals surface area (Å²) in [5, 5.41) is 14.8. The monoisotopic (exact) mass is 339 g/mol. The third-order valence-electron chi connectivity index (χ3n) is 5.28. The number of fused-ring (bicyclic) bond motifs is 1. The lowest BCUT2D eigenvalue weighted by Gasteiger charge is -2.23. The third kappa shape index (κ3) is 3.90. The number of carbonyl (C=O) groups is 1. The van der Waals surface area contributed by atoms with Gasteiger partial charge < -0.3 is 10.6 Å². The molecule has 1 aromatic carbocycles. The van der Waals surface area contributed by atoms with Crippen molar-refractivity contribution in [3.63, 3.8) is 0 Å². The summed E-state index contributed by atoms with van der Waals surface area (Å²) in [5.74, 6) is -0.125. The highest BCUT2D eigenvalue weighted by Crippen LogP contribution is 2.21. The Kier molecular flexibility index (Phi) is 4.78. The average Bonchev–Trinajstić information content (AvgIpc) is 3.27. The first-order valence-electron chi connectivity index (χ1n) is 9.29. The number of piperidine rings is 1. The lowest BCUT2D eigenvalue weighted by atomic mass is 10.0. The first kappa shape index (κ1) is 16.3. The molecule has 6 heteroatoms. The molecule has 0 unspecified atom stereocenters. The van der Waals surface area contributed by atoms with Crippen molar-refractivity contribution in [2.75, 3.05) is 6.54 Å². The topological polar surface area (TPSA) is 71.8 Å². The predicted molar refractivity (Wildman–Crippen MR) is 95.4 cm³/mol. The molecule has 4 rings (SSSR count). The standard InChI is InChI=1S/C19H25N5O/c25-19(21-17-11-14-5-1-2-6-15(14)12-17)18-13-24(23-22-18)10-8-16-7-3-4-9-20-16/h1-2,5-6,13,16-17,20H,3-4,7-12H2,(H,21,25)/t16-/m1/s1. The van der Waals surface area contributed by atoms with Gasteiger partial charge in [0, 0.05) is 18.6 Å². The Labute approximate surface area is 148 Å². The van der Waals surface area contributed by atoms with E-state index in [1.54, 1.807) is 10.9 Å². The van der Waals surface area contributed by atoms with E-state index >= 15 is 0 Å². The molecule has 132 valence electrons. The SMILES string of the molecule is O=C(NC1Cc2ccccc2C1)c1cn(CC[C@H]2CCCCN2)nn1. The van der Waals surface area contributed by atoms with Crippen LogP contribution in [-0.4, -0.2) is 39.5 Å². The number of aryl methyl sites for hydroxylation is 1. The molecule has 0 radical (unpaired) electrons. The summed E-state index contributed by atoms with van der Waals surface area (Å²) < 4.78 is 1.79. The largest absolute Gasteiger partial charge is 0.347 e. The van der Waals surface area contributed by atoms with Gasteiger partial charge in [-0.3, -0.25) is 9.48 Å². The van der Waals surface area contributed by atoms with E-state index in [-0.39, 0.29) is 11.9 Å². The molecular weight excluding hydrogens is 314 g/mol. The lowest BCUT2D eigenvalue weighted by Crippen LogP contribution is -2.35. The zero-order valence-electron chi connectivity index (χ0n) is 14.4. The molecule has 1 aliphatic carbocycles. The van der Waals surface area contributed by atoms with Gasteiger partial charge in [0.05, 0.1) is 6.20 Å². The third-order valence-corrected chi connectivity index (χ3v) is 5.28. The number of hydrogen-bond acceptors (Lipinski definition) is 4. The van der Waals surface area contributed by atoms with Gasteiger partial charge in [0.15, 0.2) is 5.69 Å². The highest BCUT2D eigenvalue weighted by atomic mass is 16.2. The Balaban J connectivity index is 1.29. The van der Waals surface area contributed by atoms with Crippen LogP contribution in [0.25, 0.3) is 0 Å². The number of carbonyl (C=O) groups excluding carboxylic acids is 1. The number of amides is 1. The number of nitrogens with one attached hydrogen (secondary N) is 2. The van der Waals surface area contributed by atoms with E-state index in [1.165, 1.54) is 30.4 Å². The normalized spacial score (nSPS) is 20.4. The second-order valence-corrected chi connectivity index (χ2v) is 7.15. The molecule has 2 heterocycles. The molecule has 0 spiro atoms. The van der Waals surface area contributed by atoms with Crippen LogP contribution in [-0.2, 0) is 19.4 Å². The van der Waals surface area contributed by atoms with Crippen LogP contribution >= 0.6 is 0 Å². The number of nitrogens with zero attached hydrogens (tertiary/aromatic N) is 3. The fourth-order valence-corrected chi connectivity index (χ4v) is 3.89. The van der Waals surface area contributed by atoms with Crippen molar-refractivity contribution in [1.29, 1.82) is 0 Å². The Bertz CT molecular complexity index is 710. The van der Waals surface area contributed by atoms with Gasteiger partial charge in [-0.25, -0.2) is 0 Å². The van der Waals surface area contributed by atoms with Crippen LogP contribution in [0, 0.1) is 0 Å². The zero-order chi connectivity index (χ0) is 17.1. The smallest absolute Gasteiger partial charge is 0.273 e. The van der Waals surface area contributed by atoms with Gasteiger partial charge in [-0.05, 0) is 49.8 Å². The van der Waals surface area contributed by atoms with Gasteiger partial charge in [0.2, 0.25) is 0 Å². The summed E-state index contributed by atoms with van der Waals surface area (Å²) >= 11 is 0. The maximum absolute atomic E-state index is 12.4. The molecule has 2 aliphatic rings. The fourth-order valence-electron chi connectivity index (χ4n) is 3.89. The number of rotatable bonds is 5. The molecule has 0 saturated carbocycles. The quantitative estimate of drug-likeness (QED) is 0.870. The van der Waals surface area contributed by atoms with Crippen LogP contribution in [0.4, 0.5) is 0 Å². The highest BCUT2D eigenvalue weighted by Gasteiger charge is 2.24. The summed E-state index contributed by atoms with van der Waals surface area (Å²) in [4.78, 5) is 12.4. The van der Waals surface area contributed by atoms with Gasteiger partial charge in [-0.1, -0.05) is 35.9 Å². The molecule has 25 heavy (non-hydrogen) atoms. The molecule has 1 amide bonds. The highest BCUT2D eigenvalue weighted by molar-refractivity contribution is 5.92. The molecule has 1 fully saturated rings. The maximum Gasteiger partial charge on any atom is 0.273 e. The van der Waals surface area contributed by atoms with E-state index in [1.807, 2.05) is 0 Å². The Hall–Kier alpha value is -2.21. The van der Waals surface area contributed by atoms with Gasteiger partial charge in [0.1, 0.15) is 0 Å². The Morgan fingerprint density at radius 2 is 2.04 bits per heavy atom. The first-order valence-corrected chi connectivity index (χ1v) is 9.29. The molecule has 1 aromatic heterocycles. The van der Waals surface area contributed by atoms with E-state index in [0.29, 0.717) is 11.7 Å². The molecule has 1 aliphatic heterocycles. The van der Waals surface area contributed by atoms with Gasteiger partial charge in [-0.2, -0.15) is 0 Å². The Morgan fingerprint density at radius 3 is 2.76 bits per heavy atom. The van der Waals surface area contributed by atoms with Crippen LogP contribution in [0.1, 0.15) is 47.3 Å². The average molecular weight is 339 g/mol. The van der Waals surface area contributed by atoms with E-state index in [4.69, 9.17) is 0 Å². The van der Waals surface area contributed by atoms with Crippen LogP contribution in [0.3, 0.4) is 0 Å².